The van der Waals surface area contributed by atoms with Gasteiger partial charge in [0, 0.05) is 28.2 Å². The van der Waals surface area contributed by atoms with Gasteiger partial charge in [0.1, 0.15) is 5.82 Å². The second kappa shape index (κ2) is 7.75. The summed E-state index contributed by atoms with van der Waals surface area (Å²) in [5.74, 6) is 1.01. The molecule has 7 heteroatoms. The minimum atomic E-state index is -0.314. The van der Waals surface area contributed by atoms with Crippen molar-refractivity contribution < 1.29 is 23.4 Å². The zero-order valence-corrected chi connectivity index (χ0v) is 17.1. The SMILES string of the molecule is COc1cc([C@@H]2CC(=O)Nc3c(-c4cccc(F)c4)csc32)cc(OC)c1OC. The van der Waals surface area contributed by atoms with Crippen molar-refractivity contribution in [2.24, 2.45) is 0 Å². The van der Waals surface area contributed by atoms with E-state index in [-0.39, 0.29) is 17.6 Å². The highest BCUT2D eigenvalue weighted by atomic mass is 32.1. The fourth-order valence-corrected chi connectivity index (χ4v) is 4.83. The van der Waals surface area contributed by atoms with Crippen LogP contribution in [0.1, 0.15) is 22.8 Å². The Hall–Kier alpha value is -3.06. The van der Waals surface area contributed by atoms with E-state index >= 15 is 0 Å². The van der Waals surface area contributed by atoms with Crippen molar-refractivity contribution in [1.29, 1.82) is 0 Å². The molecule has 1 aliphatic rings. The minimum absolute atomic E-state index is 0.0905. The number of anilines is 1. The molecule has 0 unspecified atom stereocenters. The number of carbonyl (C=O) groups is 1. The number of thiophene rings is 1. The Labute approximate surface area is 172 Å². The maximum atomic E-state index is 13.7. The van der Waals surface area contributed by atoms with Crippen LogP contribution < -0.4 is 19.5 Å². The Kier molecular flexibility index (Phi) is 5.15. The number of fused-ring (bicyclic) bond motifs is 1. The fourth-order valence-electron chi connectivity index (χ4n) is 3.67. The van der Waals surface area contributed by atoms with Crippen molar-refractivity contribution in [3.63, 3.8) is 0 Å². The third-order valence-corrected chi connectivity index (χ3v) is 6.11. The largest absolute Gasteiger partial charge is 0.493 e. The van der Waals surface area contributed by atoms with Gasteiger partial charge < -0.3 is 19.5 Å². The van der Waals surface area contributed by atoms with Gasteiger partial charge in [0.25, 0.3) is 0 Å². The van der Waals surface area contributed by atoms with E-state index in [4.69, 9.17) is 14.2 Å². The van der Waals surface area contributed by atoms with Crippen LogP contribution in [0.25, 0.3) is 11.1 Å². The molecule has 0 aliphatic carbocycles. The van der Waals surface area contributed by atoms with Crippen LogP contribution in [-0.4, -0.2) is 27.2 Å². The Bertz CT molecular complexity index is 1050. The number of nitrogens with one attached hydrogen (secondary N) is 1. The van der Waals surface area contributed by atoms with Gasteiger partial charge in [-0.25, -0.2) is 4.39 Å². The van der Waals surface area contributed by atoms with Gasteiger partial charge in [-0.15, -0.1) is 11.3 Å². The zero-order valence-electron chi connectivity index (χ0n) is 16.2. The van der Waals surface area contributed by atoms with E-state index in [1.54, 1.807) is 38.7 Å². The molecule has 3 aromatic rings. The molecule has 1 aliphatic heterocycles. The average Bonchev–Trinajstić information content (AvgIpc) is 3.15. The maximum absolute atomic E-state index is 13.7. The second-order valence-electron chi connectivity index (χ2n) is 6.66. The first-order chi connectivity index (χ1) is 14.0. The van der Waals surface area contributed by atoms with Crippen molar-refractivity contribution in [3.8, 4) is 28.4 Å². The molecule has 0 saturated carbocycles. The number of methoxy groups -OCH3 is 3. The van der Waals surface area contributed by atoms with Gasteiger partial charge in [-0.3, -0.25) is 4.79 Å². The molecule has 1 N–H and O–H groups in total. The van der Waals surface area contributed by atoms with Gasteiger partial charge in [0.15, 0.2) is 11.5 Å². The Balaban J connectivity index is 1.84. The molecule has 29 heavy (non-hydrogen) atoms. The molecule has 4 rings (SSSR count). The molecule has 2 heterocycles. The Morgan fingerprint density at radius 2 is 1.79 bits per heavy atom. The monoisotopic (exact) mass is 413 g/mol. The van der Waals surface area contributed by atoms with Crippen LogP contribution in [0.15, 0.2) is 41.8 Å². The summed E-state index contributed by atoms with van der Waals surface area (Å²) in [5.41, 5.74) is 3.17. The summed E-state index contributed by atoms with van der Waals surface area (Å²) in [5, 5.41) is 4.92. The highest BCUT2D eigenvalue weighted by Crippen LogP contribution is 2.49. The van der Waals surface area contributed by atoms with Gasteiger partial charge in [0.2, 0.25) is 11.7 Å². The third kappa shape index (κ3) is 3.42. The lowest BCUT2D eigenvalue weighted by molar-refractivity contribution is -0.116. The predicted molar refractivity (Wildman–Crippen MR) is 111 cm³/mol. The molecule has 1 atom stereocenters. The lowest BCUT2D eigenvalue weighted by Crippen LogP contribution is -2.22. The van der Waals surface area contributed by atoms with Crippen LogP contribution in [0.5, 0.6) is 17.2 Å². The molecule has 0 saturated heterocycles. The molecule has 1 amide bonds. The number of hydrogen-bond donors (Lipinski definition) is 1. The number of amides is 1. The van der Waals surface area contributed by atoms with Crippen LogP contribution in [0, 0.1) is 5.82 Å². The summed E-state index contributed by atoms with van der Waals surface area (Å²) in [4.78, 5) is 13.5. The summed E-state index contributed by atoms with van der Waals surface area (Å²) in [6.07, 6.45) is 0.300. The Morgan fingerprint density at radius 3 is 2.41 bits per heavy atom. The molecular formula is C22H20FNO4S. The van der Waals surface area contributed by atoms with Crippen molar-refractivity contribution >= 4 is 22.9 Å². The van der Waals surface area contributed by atoms with E-state index in [1.165, 1.54) is 12.1 Å². The number of benzene rings is 2. The smallest absolute Gasteiger partial charge is 0.225 e. The summed E-state index contributed by atoms with van der Waals surface area (Å²) >= 11 is 1.54. The number of rotatable bonds is 5. The molecule has 2 aromatic carbocycles. The highest BCUT2D eigenvalue weighted by molar-refractivity contribution is 7.11. The lowest BCUT2D eigenvalue weighted by Gasteiger charge is -2.25. The van der Waals surface area contributed by atoms with E-state index in [0.717, 1.165) is 27.3 Å². The first-order valence-electron chi connectivity index (χ1n) is 9.02. The van der Waals surface area contributed by atoms with Crippen molar-refractivity contribution in [2.45, 2.75) is 12.3 Å². The molecule has 150 valence electrons. The predicted octanol–water partition coefficient (Wildman–Crippen LogP) is 5.05. The van der Waals surface area contributed by atoms with Crippen molar-refractivity contribution in [2.75, 3.05) is 26.6 Å². The first kappa shape index (κ1) is 19.3. The molecule has 5 nitrogen and oxygen atoms in total. The minimum Gasteiger partial charge on any atom is -0.493 e. The summed E-state index contributed by atoms with van der Waals surface area (Å²) < 4.78 is 30.1. The maximum Gasteiger partial charge on any atom is 0.225 e. The quantitative estimate of drug-likeness (QED) is 0.636. The molecule has 0 radical (unpaired) electrons. The van der Waals surface area contributed by atoms with E-state index in [0.29, 0.717) is 23.7 Å². The standard InChI is InChI=1S/C22H20FNO4S/c1-26-17-8-13(9-18(27-2)21(17)28-3)15-10-19(25)24-20-16(11-29-22(15)20)12-5-4-6-14(23)7-12/h4-9,11,15H,10H2,1-3H3,(H,24,25)/t15-/m0/s1. The lowest BCUT2D eigenvalue weighted by atomic mass is 9.88. The molecule has 0 fully saturated rings. The van der Waals surface area contributed by atoms with Crippen LogP contribution in [0.3, 0.4) is 0 Å². The van der Waals surface area contributed by atoms with Crippen LogP contribution in [-0.2, 0) is 4.79 Å². The van der Waals surface area contributed by atoms with Crippen LogP contribution in [0.4, 0.5) is 10.1 Å². The number of ether oxygens (including phenoxy) is 3. The van der Waals surface area contributed by atoms with Gasteiger partial charge in [-0.05, 0) is 35.4 Å². The average molecular weight is 413 g/mol. The van der Waals surface area contributed by atoms with Crippen molar-refractivity contribution in [1.82, 2.24) is 0 Å². The summed E-state index contributed by atoms with van der Waals surface area (Å²) in [7, 11) is 4.68. The second-order valence-corrected chi connectivity index (χ2v) is 7.57. The van der Waals surface area contributed by atoms with Gasteiger partial charge in [0.05, 0.1) is 27.0 Å². The molecule has 0 spiro atoms. The third-order valence-electron chi connectivity index (χ3n) is 5.01. The number of carbonyl (C=O) groups excluding carboxylic acids is 1. The van der Waals surface area contributed by atoms with Crippen LogP contribution in [0.2, 0.25) is 0 Å². The Morgan fingerprint density at radius 1 is 1.07 bits per heavy atom. The molecule has 1 aromatic heterocycles. The van der Waals surface area contributed by atoms with E-state index in [9.17, 15) is 9.18 Å². The molecule has 0 bridgehead atoms. The normalized spacial score (nSPS) is 15.4. The summed E-state index contributed by atoms with van der Waals surface area (Å²) in [6, 6.07) is 10.1. The van der Waals surface area contributed by atoms with Gasteiger partial charge in [-0.2, -0.15) is 0 Å². The molecular weight excluding hydrogens is 393 g/mol. The summed E-state index contributed by atoms with van der Waals surface area (Å²) in [6.45, 7) is 0. The number of hydrogen-bond acceptors (Lipinski definition) is 5. The first-order valence-corrected chi connectivity index (χ1v) is 9.90. The number of halogens is 1. The zero-order chi connectivity index (χ0) is 20.5. The van der Waals surface area contributed by atoms with Gasteiger partial charge >= 0.3 is 0 Å². The van der Waals surface area contributed by atoms with E-state index in [2.05, 4.69) is 5.32 Å². The topological polar surface area (TPSA) is 56.8 Å². The van der Waals surface area contributed by atoms with Crippen molar-refractivity contribution in [3.05, 3.63) is 58.0 Å². The van der Waals surface area contributed by atoms with E-state index in [1.807, 2.05) is 23.6 Å². The van der Waals surface area contributed by atoms with Crippen LogP contribution >= 0.6 is 11.3 Å². The fraction of sp³-hybridized carbons (Fsp3) is 0.227. The van der Waals surface area contributed by atoms with Gasteiger partial charge in [-0.1, -0.05) is 12.1 Å². The highest BCUT2D eigenvalue weighted by Gasteiger charge is 2.32. The van der Waals surface area contributed by atoms with E-state index < -0.39 is 0 Å².